The fraction of sp³-hybridized carbons (Fsp3) is 0.217. The van der Waals surface area contributed by atoms with Crippen molar-refractivity contribution in [1.82, 2.24) is 0 Å². The zero-order valence-corrected chi connectivity index (χ0v) is 19.2. The Bertz CT molecular complexity index is 1450. The lowest BCUT2D eigenvalue weighted by atomic mass is 10.1. The third-order valence-electron chi connectivity index (χ3n) is 5.71. The summed E-state index contributed by atoms with van der Waals surface area (Å²) in [6, 6.07) is 13.1. The number of ether oxygens (including phenoxy) is 2. The Morgan fingerprint density at radius 2 is 1.42 bits per heavy atom. The Balaban J connectivity index is 1.52. The molecule has 0 aliphatic carbocycles. The number of sulfone groups is 1. The highest BCUT2D eigenvalue weighted by molar-refractivity contribution is 7.93. The molecule has 10 heteroatoms. The molecule has 0 spiro atoms. The van der Waals surface area contributed by atoms with Gasteiger partial charge in [0.25, 0.3) is 10.0 Å². The van der Waals surface area contributed by atoms with E-state index in [2.05, 4.69) is 0 Å². The van der Waals surface area contributed by atoms with Crippen LogP contribution in [0.4, 0.5) is 10.1 Å². The van der Waals surface area contributed by atoms with Gasteiger partial charge in [-0.15, -0.1) is 0 Å². The highest BCUT2D eigenvalue weighted by Crippen LogP contribution is 2.40. The molecule has 0 radical (unpaired) electrons. The van der Waals surface area contributed by atoms with Gasteiger partial charge in [0, 0.05) is 12.1 Å². The number of benzene rings is 3. The quantitative estimate of drug-likeness (QED) is 0.557. The van der Waals surface area contributed by atoms with E-state index >= 15 is 0 Å². The van der Waals surface area contributed by atoms with E-state index in [9.17, 15) is 21.2 Å². The third-order valence-corrected chi connectivity index (χ3v) is 9.40. The SMILES string of the molecule is CC1Cc2cc(S(=O)(=O)c3ccc4c(c3)OCCO4)ccc2N1S(=O)(=O)c1ccc(F)cc1. The number of anilines is 1. The molecule has 3 aromatic rings. The average molecular weight is 490 g/mol. The standard InChI is InChI=1S/C23H20FNO6S2/c1-15-12-16-13-19(32(26,27)20-7-9-22-23(14-20)31-11-10-30-22)6-8-21(16)25(15)33(28,29)18-4-2-17(24)3-5-18/h2-9,13-15H,10-12H2,1H3. The number of fused-ring (bicyclic) bond motifs is 2. The first-order chi connectivity index (χ1) is 15.7. The zero-order chi connectivity index (χ0) is 23.4. The van der Waals surface area contributed by atoms with Crippen molar-refractivity contribution in [3.8, 4) is 11.5 Å². The van der Waals surface area contributed by atoms with Crippen LogP contribution in [0.25, 0.3) is 0 Å². The molecular weight excluding hydrogens is 469 g/mol. The van der Waals surface area contributed by atoms with Gasteiger partial charge in [-0.1, -0.05) is 0 Å². The van der Waals surface area contributed by atoms with Crippen molar-refractivity contribution in [2.24, 2.45) is 0 Å². The predicted octanol–water partition coefficient (Wildman–Crippen LogP) is 3.57. The minimum atomic E-state index is -3.94. The largest absolute Gasteiger partial charge is 0.486 e. The summed E-state index contributed by atoms with van der Waals surface area (Å²) < 4.78 is 78.5. The van der Waals surface area contributed by atoms with Crippen LogP contribution in [0.3, 0.4) is 0 Å². The molecule has 1 atom stereocenters. The molecule has 0 amide bonds. The number of hydrogen-bond acceptors (Lipinski definition) is 6. The second-order valence-corrected chi connectivity index (χ2v) is 11.7. The van der Waals surface area contributed by atoms with Crippen LogP contribution in [0.1, 0.15) is 12.5 Å². The number of sulfonamides is 1. The lowest BCUT2D eigenvalue weighted by molar-refractivity contribution is 0.171. The summed E-state index contributed by atoms with van der Waals surface area (Å²) >= 11 is 0. The fourth-order valence-corrected chi connectivity index (χ4v) is 7.18. The van der Waals surface area contributed by atoms with Crippen molar-refractivity contribution < 1.29 is 30.7 Å². The Morgan fingerprint density at radius 3 is 2.15 bits per heavy atom. The van der Waals surface area contributed by atoms with Gasteiger partial charge in [-0.05, 0) is 73.5 Å². The van der Waals surface area contributed by atoms with E-state index in [1.165, 1.54) is 46.8 Å². The highest BCUT2D eigenvalue weighted by Gasteiger charge is 2.37. The lowest BCUT2D eigenvalue weighted by Crippen LogP contribution is -2.35. The molecule has 0 aromatic heterocycles. The van der Waals surface area contributed by atoms with Crippen LogP contribution in [0.5, 0.6) is 11.5 Å². The smallest absolute Gasteiger partial charge is 0.264 e. The van der Waals surface area contributed by atoms with E-state index in [0.717, 1.165) is 12.1 Å². The van der Waals surface area contributed by atoms with E-state index in [4.69, 9.17) is 9.47 Å². The molecule has 1 unspecified atom stereocenters. The van der Waals surface area contributed by atoms with Crippen molar-refractivity contribution >= 4 is 25.5 Å². The molecule has 2 aliphatic heterocycles. The maximum absolute atomic E-state index is 13.3. The van der Waals surface area contributed by atoms with Crippen LogP contribution in [0.15, 0.2) is 75.4 Å². The number of hydrogen-bond donors (Lipinski definition) is 0. The Kier molecular flexibility index (Phi) is 5.09. The van der Waals surface area contributed by atoms with E-state index in [1.807, 2.05) is 0 Å². The monoisotopic (exact) mass is 489 g/mol. The van der Waals surface area contributed by atoms with E-state index < -0.39 is 31.7 Å². The summed E-state index contributed by atoms with van der Waals surface area (Å²) in [7, 11) is -7.81. The molecule has 7 nitrogen and oxygen atoms in total. The zero-order valence-electron chi connectivity index (χ0n) is 17.6. The Hall–Kier alpha value is -3.11. The van der Waals surface area contributed by atoms with Crippen molar-refractivity contribution in [2.45, 2.75) is 34.1 Å². The lowest BCUT2D eigenvalue weighted by Gasteiger charge is -2.24. The molecule has 2 heterocycles. The predicted molar refractivity (Wildman–Crippen MR) is 119 cm³/mol. The van der Waals surface area contributed by atoms with E-state index in [0.29, 0.717) is 42.4 Å². The maximum Gasteiger partial charge on any atom is 0.264 e. The molecule has 0 saturated carbocycles. The summed E-state index contributed by atoms with van der Waals surface area (Å²) in [5, 5.41) is 0. The normalized spacial score (nSPS) is 17.6. The summed E-state index contributed by atoms with van der Waals surface area (Å²) in [6.45, 7) is 2.49. The van der Waals surface area contributed by atoms with Crippen molar-refractivity contribution in [3.05, 3.63) is 72.0 Å². The van der Waals surface area contributed by atoms with Crippen LogP contribution in [0.2, 0.25) is 0 Å². The van der Waals surface area contributed by atoms with Gasteiger partial charge in [0.2, 0.25) is 9.84 Å². The molecule has 33 heavy (non-hydrogen) atoms. The molecule has 0 N–H and O–H groups in total. The van der Waals surface area contributed by atoms with Gasteiger partial charge in [-0.25, -0.2) is 21.2 Å². The minimum Gasteiger partial charge on any atom is -0.486 e. The summed E-state index contributed by atoms with van der Waals surface area (Å²) in [5.74, 6) is 0.330. The molecular formula is C23H20FNO6S2. The van der Waals surface area contributed by atoms with E-state index in [-0.39, 0.29) is 14.7 Å². The van der Waals surface area contributed by atoms with Gasteiger partial charge in [0.1, 0.15) is 19.0 Å². The van der Waals surface area contributed by atoms with Crippen molar-refractivity contribution in [2.75, 3.05) is 17.5 Å². The molecule has 2 aliphatic rings. The Morgan fingerprint density at radius 1 is 0.818 bits per heavy atom. The van der Waals surface area contributed by atoms with Crippen LogP contribution < -0.4 is 13.8 Å². The van der Waals surface area contributed by atoms with Gasteiger partial charge in [-0.2, -0.15) is 0 Å². The maximum atomic E-state index is 13.3. The summed E-state index contributed by atoms with van der Waals surface area (Å²) in [5.41, 5.74) is 1.01. The first-order valence-electron chi connectivity index (χ1n) is 10.3. The number of rotatable bonds is 4. The highest BCUT2D eigenvalue weighted by atomic mass is 32.2. The summed E-state index contributed by atoms with van der Waals surface area (Å²) in [6.07, 6.45) is 0.347. The molecule has 0 bridgehead atoms. The first kappa shape index (κ1) is 21.7. The van der Waals surface area contributed by atoms with Crippen LogP contribution in [-0.2, 0) is 26.3 Å². The van der Waals surface area contributed by atoms with E-state index in [1.54, 1.807) is 13.0 Å². The molecule has 172 valence electrons. The number of halogens is 1. The summed E-state index contributed by atoms with van der Waals surface area (Å²) in [4.78, 5) is 0.0938. The Labute approximate surface area is 191 Å². The first-order valence-corrected chi connectivity index (χ1v) is 13.2. The molecule has 5 rings (SSSR count). The van der Waals surface area contributed by atoms with Gasteiger partial charge in [-0.3, -0.25) is 4.31 Å². The minimum absolute atomic E-state index is 0.0309. The third kappa shape index (κ3) is 3.63. The second kappa shape index (κ2) is 7.74. The molecule has 3 aromatic carbocycles. The fourth-order valence-electron chi connectivity index (χ4n) is 4.16. The van der Waals surface area contributed by atoms with Crippen molar-refractivity contribution in [1.29, 1.82) is 0 Å². The van der Waals surface area contributed by atoms with Gasteiger partial charge in [0.05, 0.1) is 20.4 Å². The molecule has 0 saturated heterocycles. The van der Waals surface area contributed by atoms with Crippen LogP contribution >= 0.6 is 0 Å². The average Bonchev–Trinajstić information content (AvgIpc) is 3.14. The second-order valence-electron chi connectivity index (χ2n) is 7.91. The topological polar surface area (TPSA) is 90.0 Å². The van der Waals surface area contributed by atoms with Gasteiger partial charge < -0.3 is 9.47 Å². The van der Waals surface area contributed by atoms with Crippen molar-refractivity contribution in [3.63, 3.8) is 0 Å². The number of nitrogens with zero attached hydrogens (tertiary/aromatic N) is 1. The van der Waals surface area contributed by atoms with Gasteiger partial charge >= 0.3 is 0 Å². The molecule has 0 fully saturated rings. The van der Waals surface area contributed by atoms with Crippen LogP contribution in [0, 0.1) is 5.82 Å². The van der Waals surface area contributed by atoms with Gasteiger partial charge in [0.15, 0.2) is 11.5 Å². The van der Waals surface area contributed by atoms with Crippen LogP contribution in [-0.4, -0.2) is 36.1 Å².